The van der Waals surface area contributed by atoms with Crippen LogP contribution in [0.25, 0.3) is 0 Å². The van der Waals surface area contributed by atoms with Crippen LogP contribution in [0.3, 0.4) is 0 Å². The van der Waals surface area contributed by atoms with Crippen molar-refractivity contribution in [2.24, 2.45) is 0 Å². The molecule has 132 valence electrons. The maximum Gasteiger partial charge on any atom is 0.416 e. The van der Waals surface area contributed by atoms with Gasteiger partial charge in [-0.2, -0.15) is 13.2 Å². The van der Waals surface area contributed by atoms with E-state index in [4.69, 9.17) is 0 Å². The third kappa shape index (κ3) is 5.63. The average molecular weight is 350 g/mol. The Bertz CT molecular complexity index is 728. The van der Waals surface area contributed by atoms with E-state index in [0.29, 0.717) is 0 Å². The second-order valence-electron chi connectivity index (χ2n) is 5.48. The highest BCUT2D eigenvalue weighted by Gasteiger charge is 2.30. The standard InChI is InChI=1S/C18H17F3N2O2/c1-13(24)23(11-14-5-3-2-4-6-14)12-17(25)22-16-9-7-15(8-10-16)18(19,20)21/h2-10H,11-12H2,1H3,(H,22,25). The molecule has 0 aliphatic rings. The number of anilines is 1. The topological polar surface area (TPSA) is 49.4 Å². The first-order valence-electron chi connectivity index (χ1n) is 7.52. The number of halogens is 3. The predicted molar refractivity (Wildman–Crippen MR) is 87.6 cm³/mol. The molecule has 0 unspecified atom stereocenters. The van der Waals surface area contributed by atoms with Crippen molar-refractivity contribution < 1.29 is 22.8 Å². The van der Waals surface area contributed by atoms with Gasteiger partial charge in [0.15, 0.2) is 0 Å². The lowest BCUT2D eigenvalue weighted by molar-refractivity contribution is -0.137. The summed E-state index contributed by atoms with van der Waals surface area (Å²) in [5.74, 6) is -0.752. The Morgan fingerprint density at radius 1 is 1.00 bits per heavy atom. The number of rotatable bonds is 5. The first-order valence-corrected chi connectivity index (χ1v) is 7.52. The minimum Gasteiger partial charge on any atom is -0.329 e. The molecule has 4 nitrogen and oxygen atoms in total. The molecule has 0 aromatic heterocycles. The van der Waals surface area contributed by atoms with Crippen LogP contribution in [0.15, 0.2) is 54.6 Å². The van der Waals surface area contributed by atoms with E-state index in [2.05, 4.69) is 5.32 Å². The predicted octanol–water partition coefficient (Wildman–Crippen LogP) is 3.69. The lowest BCUT2D eigenvalue weighted by atomic mass is 10.2. The minimum atomic E-state index is -4.43. The van der Waals surface area contributed by atoms with Gasteiger partial charge in [-0.1, -0.05) is 30.3 Å². The summed E-state index contributed by atoms with van der Waals surface area (Å²) in [6.07, 6.45) is -4.43. The molecule has 0 spiro atoms. The van der Waals surface area contributed by atoms with E-state index in [0.717, 1.165) is 17.7 Å². The fourth-order valence-corrected chi connectivity index (χ4v) is 2.20. The Morgan fingerprint density at radius 2 is 1.60 bits per heavy atom. The second-order valence-corrected chi connectivity index (χ2v) is 5.48. The maximum absolute atomic E-state index is 12.5. The van der Waals surface area contributed by atoms with Crippen LogP contribution >= 0.6 is 0 Å². The third-order valence-electron chi connectivity index (χ3n) is 3.49. The van der Waals surface area contributed by atoms with E-state index in [9.17, 15) is 22.8 Å². The van der Waals surface area contributed by atoms with Crippen molar-refractivity contribution in [1.82, 2.24) is 4.90 Å². The summed E-state index contributed by atoms with van der Waals surface area (Å²) < 4.78 is 37.6. The molecule has 2 aromatic rings. The fraction of sp³-hybridized carbons (Fsp3) is 0.222. The highest BCUT2D eigenvalue weighted by molar-refractivity contribution is 5.94. The molecule has 0 atom stereocenters. The van der Waals surface area contributed by atoms with E-state index in [1.807, 2.05) is 30.3 Å². The highest BCUT2D eigenvalue weighted by Crippen LogP contribution is 2.29. The second kappa shape index (κ2) is 7.83. The molecule has 0 saturated heterocycles. The Labute approximate surface area is 143 Å². The summed E-state index contributed by atoms with van der Waals surface area (Å²) in [4.78, 5) is 25.1. The van der Waals surface area contributed by atoms with Gasteiger partial charge in [0.2, 0.25) is 11.8 Å². The molecule has 0 saturated carbocycles. The molecular weight excluding hydrogens is 333 g/mol. The molecule has 0 aliphatic carbocycles. The molecule has 1 N–H and O–H groups in total. The van der Waals surface area contributed by atoms with E-state index in [-0.39, 0.29) is 24.7 Å². The van der Waals surface area contributed by atoms with Gasteiger partial charge in [0.25, 0.3) is 0 Å². The molecule has 0 fully saturated rings. The van der Waals surface area contributed by atoms with Crippen molar-refractivity contribution in [3.05, 3.63) is 65.7 Å². The summed E-state index contributed by atoms with van der Waals surface area (Å²) in [7, 11) is 0. The van der Waals surface area contributed by atoms with E-state index in [1.54, 1.807) is 0 Å². The Morgan fingerprint density at radius 3 is 2.12 bits per heavy atom. The van der Waals surface area contributed by atoms with Gasteiger partial charge in [-0.25, -0.2) is 0 Å². The monoisotopic (exact) mass is 350 g/mol. The SMILES string of the molecule is CC(=O)N(CC(=O)Nc1ccc(C(F)(F)F)cc1)Cc1ccccc1. The number of amides is 2. The van der Waals surface area contributed by atoms with Crippen LogP contribution in [0.2, 0.25) is 0 Å². The molecule has 2 aromatic carbocycles. The molecule has 7 heteroatoms. The number of benzene rings is 2. The van der Waals surface area contributed by atoms with Gasteiger partial charge >= 0.3 is 6.18 Å². The van der Waals surface area contributed by atoms with Crippen LogP contribution in [0.4, 0.5) is 18.9 Å². The van der Waals surface area contributed by atoms with Crippen molar-refractivity contribution in [3.63, 3.8) is 0 Å². The Kier molecular flexibility index (Phi) is 5.80. The smallest absolute Gasteiger partial charge is 0.329 e. The minimum absolute atomic E-state index is 0.189. The summed E-state index contributed by atoms with van der Waals surface area (Å²) in [6, 6.07) is 13.3. The lowest BCUT2D eigenvalue weighted by Gasteiger charge is -2.20. The normalized spacial score (nSPS) is 11.0. The van der Waals surface area contributed by atoms with Gasteiger partial charge in [0, 0.05) is 19.2 Å². The van der Waals surface area contributed by atoms with Gasteiger partial charge in [0.1, 0.15) is 6.54 Å². The molecule has 2 rings (SSSR count). The molecule has 25 heavy (non-hydrogen) atoms. The largest absolute Gasteiger partial charge is 0.416 e. The van der Waals surface area contributed by atoms with Gasteiger partial charge in [-0.15, -0.1) is 0 Å². The first kappa shape index (κ1) is 18.5. The van der Waals surface area contributed by atoms with E-state index >= 15 is 0 Å². The zero-order valence-corrected chi connectivity index (χ0v) is 13.5. The lowest BCUT2D eigenvalue weighted by Crippen LogP contribution is -2.36. The zero-order chi connectivity index (χ0) is 18.4. The number of hydrogen-bond acceptors (Lipinski definition) is 2. The number of nitrogens with one attached hydrogen (secondary N) is 1. The summed E-state index contributed by atoms with van der Waals surface area (Å²) in [6.45, 7) is 1.44. The Balaban J connectivity index is 1.98. The van der Waals surface area contributed by atoms with Crippen molar-refractivity contribution in [2.75, 3.05) is 11.9 Å². The van der Waals surface area contributed by atoms with Crippen molar-refractivity contribution in [2.45, 2.75) is 19.6 Å². The summed E-state index contributed by atoms with van der Waals surface area (Å²) >= 11 is 0. The van der Waals surface area contributed by atoms with Crippen molar-refractivity contribution in [3.8, 4) is 0 Å². The average Bonchev–Trinajstić information content (AvgIpc) is 2.54. The maximum atomic E-state index is 12.5. The van der Waals surface area contributed by atoms with Crippen LogP contribution in [0.5, 0.6) is 0 Å². The van der Waals surface area contributed by atoms with Crippen molar-refractivity contribution >= 4 is 17.5 Å². The fourth-order valence-electron chi connectivity index (χ4n) is 2.20. The number of hydrogen-bond donors (Lipinski definition) is 1. The quantitative estimate of drug-likeness (QED) is 0.894. The third-order valence-corrected chi connectivity index (χ3v) is 3.49. The first-order chi connectivity index (χ1) is 11.8. The van der Waals surface area contributed by atoms with Crippen molar-refractivity contribution in [1.29, 1.82) is 0 Å². The van der Waals surface area contributed by atoms with Crippen LogP contribution < -0.4 is 5.32 Å². The van der Waals surface area contributed by atoms with Gasteiger partial charge in [-0.3, -0.25) is 9.59 Å². The molecule has 0 heterocycles. The van der Waals surface area contributed by atoms with Crippen LogP contribution in [-0.4, -0.2) is 23.3 Å². The Hall–Kier alpha value is -2.83. The van der Waals surface area contributed by atoms with Crippen LogP contribution in [0, 0.1) is 0 Å². The number of alkyl halides is 3. The highest BCUT2D eigenvalue weighted by atomic mass is 19.4. The number of nitrogens with zero attached hydrogens (tertiary/aromatic N) is 1. The van der Waals surface area contributed by atoms with Gasteiger partial charge in [-0.05, 0) is 29.8 Å². The van der Waals surface area contributed by atoms with E-state index in [1.165, 1.54) is 24.0 Å². The number of carbonyl (C=O) groups excluding carboxylic acids is 2. The van der Waals surface area contributed by atoms with Crippen LogP contribution in [-0.2, 0) is 22.3 Å². The van der Waals surface area contributed by atoms with Gasteiger partial charge < -0.3 is 10.2 Å². The molecular formula is C18H17F3N2O2. The van der Waals surface area contributed by atoms with E-state index < -0.39 is 17.6 Å². The molecule has 0 radical (unpaired) electrons. The number of carbonyl (C=O) groups is 2. The summed E-state index contributed by atoms with van der Waals surface area (Å²) in [5.41, 5.74) is 0.321. The molecule has 0 aliphatic heterocycles. The molecule has 0 bridgehead atoms. The summed E-state index contributed by atoms with van der Waals surface area (Å²) in [5, 5.41) is 2.49. The van der Waals surface area contributed by atoms with Crippen LogP contribution in [0.1, 0.15) is 18.1 Å². The zero-order valence-electron chi connectivity index (χ0n) is 13.5. The van der Waals surface area contributed by atoms with Gasteiger partial charge in [0.05, 0.1) is 5.56 Å². The molecule has 2 amide bonds.